The van der Waals surface area contributed by atoms with Gasteiger partial charge in [-0.3, -0.25) is 9.79 Å². The number of ketones is 1. The molecular weight excluding hydrogens is 406 g/mol. The second kappa shape index (κ2) is 11.7. The Labute approximate surface area is 199 Å². The van der Waals surface area contributed by atoms with Gasteiger partial charge in [0.15, 0.2) is 0 Å². The van der Waals surface area contributed by atoms with Crippen molar-refractivity contribution in [1.82, 2.24) is 0 Å². The first-order valence-electron chi connectivity index (χ1n) is 13.0. The molecule has 2 unspecified atom stereocenters. The summed E-state index contributed by atoms with van der Waals surface area (Å²) in [5.41, 5.74) is 6.23. The topological polar surface area (TPSA) is 38.7 Å². The fourth-order valence-corrected chi connectivity index (χ4v) is 5.47. The van der Waals surface area contributed by atoms with Crippen molar-refractivity contribution in [3.05, 3.63) is 65.2 Å². The lowest BCUT2D eigenvalue weighted by molar-refractivity contribution is -0.125. The van der Waals surface area contributed by atoms with Gasteiger partial charge in [0.25, 0.3) is 0 Å². The first kappa shape index (κ1) is 23.9. The Kier molecular flexibility index (Phi) is 8.50. The lowest BCUT2D eigenvalue weighted by Crippen LogP contribution is -2.23. The number of hydrogen-bond donors (Lipinski definition) is 0. The normalized spacial score (nSPS) is 19.2. The van der Waals surface area contributed by atoms with Gasteiger partial charge in [0.05, 0.1) is 11.4 Å². The molecule has 0 aromatic heterocycles. The number of rotatable bonds is 11. The number of hydrogen-bond acceptors (Lipinski definition) is 3. The molecule has 176 valence electrons. The van der Waals surface area contributed by atoms with Gasteiger partial charge >= 0.3 is 0 Å². The Bertz CT molecular complexity index is 957. The van der Waals surface area contributed by atoms with Gasteiger partial charge in [-0.15, -0.1) is 0 Å². The third kappa shape index (κ3) is 6.20. The molecular formula is C30H39NO2. The lowest BCUT2D eigenvalue weighted by atomic mass is 9.85. The van der Waals surface area contributed by atoms with Crippen LogP contribution in [0.2, 0.25) is 0 Å². The third-order valence-corrected chi connectivity index (χ3v) is 7.47. The van der Waals surface area contributed by atoms with Crippen LogP contribution in [0.3, 0.4) is 0 Å². The molecule has 0 bridgehead atoms. The molecule has 1 fully saturated rings. The van der Waals surface area contributed by atoms with Crippen molar-refractivity contribution >= 4 is 17.2 Å². The fourth-order valence-electron chi connectivity index (χ4n) is 5.47. The summed E-state index contributed by atoms with van der Waals surface area (Å²) >= 11 is 0. The van der Waals surface area contributed by atoms with E-state index in [9.17, 15) is 4.79 Å². The van der Waals surface area contributed by atoms with Crippen LogP contribution in [0, 0.1) is 11.8 Å². The molecule has 0 N–H and O–H groups in total. The highest BCUT2D eigenvalue weighted by Crippen LogP contribution is 2.37. The summed E-state index contributed by atoms with van der Waals surface area (Å²) in [7, 11) is 0. The first-order chi connectivity index (χ1) is 16.2. The number of carbonyl (C=O) groups is 1. The molecule has 2 aromatic rings. The van der Waals surface area contributed by atoms with E-state index in [4.69, 9.17) is 9.73 Å². The minimum atomic E-state index is 0.247. The maximum absolute atomic E-state index is 12.9. The summed E-state index contributed by atoms with van der Waals surface area (Å²) in [5.74, 6) is 1.63. The molecule has 3 heteroatoms. The second-order valence-corrected chi connectivity index (χ2v) is 9.94. The van der Waals surface area contributed by atoms with Crippen molar-refractivity contribution in [3.63, 3.8) is 0 Å². The van der Waals surface area contributed by atoms with Crippen molar-refractivity contribution < 1.29 is 9.53 Å². The standard InChI is InChI=1S/C30H39NO2/c1-3-9-25(29(32)21-24-16-18-33-19-17-24)12-5-4-10-23-11-8-13-26(20-23)30-22(2)27-14-6-7-15-28(27)31-30/h6-8,11,13-15,20,22,24-25H,3-5,9-10,12,16-19,21H2,1-2H3. The molecule has 2 aromatic carbocycles. The van der Waals surface area contributed by atoms with Crippen LogP contribution in [-0.2, 0) is 16.0 Å². The van der Waals surface area contributed by atoms with Gasteiger partial charge in [-0.05, 0) is 73.3 Å². The first-order valence-corrected chi connectivity index (χ1v) is 13.0. The number of para-hydroxylation sites is 1. The third-order valence-electron chi connectivity index (χ3n) is 7.47. The van der Waals surface area contributed by atoms with Crippen LogP contribution in [0.25, 0.3) is 0 Å². The average Bonchev–Trinajstić information content (AvgIpc) is 3.18. The minimum Gasteiger partial charge on any atom is -0.381 e. The highest BCUT2D eigenvalue weighted by atomic mass is 16.5. The number of Topliss-reactive ketones (excluding diaryl/α,β-unsaturated/α-hetero) is 1. The van der Waals surface area contributed by atoms with Gasteiger partial charge in [0.1, 0.15) is 5.78 Å². The zero-order chi connectivity index (χ0) is 23.0. The summed E-state index contributed by atoms with van der Waals surface area (Å²) < 4.78 is 5.46. The highest BCUT2D eigenvalue weighted by molar-refractivity contribution is 6.09. The number of aryl methyl sites for hydroxylation is 1. The van der Waals surface area contributed by atoms with Crippen LogP contribution in [0.15, 0.2) is 53.5 Å². The predicted molar refractivity (Wildman–Crippen MR) is 137 cm³/mol. The summed E-state index contributed by atoms with van der Waals surface area (Å²) in [4.78, 5) is 17.9. The Morgan fingerprint density at radius 3 is 2.67 bits per heavy atom. The Morgan fingerprint density at radius 1 is 1.06 bits per heavy atom. The molecule has 0 aliphatic carbocycles. The number of ether oxygens (including phenoxy) is 1. The molecule has 4 rings (SSSR count). The van der Waals surface area contributed by atoms with E-state index < -0.39 is 0 Å². The Hall–Kier alpha value is -2.26. The number of benzene rings is 2. The Balaban J connectivity index is 1.28. The molecule has 3 nitrogen and oxygen atoms in total. The van der Waals surface area contributed by atoms with Crippen LogP contribution in [0.4, 0.5) is 5.69 Å². The van der Waals surface area contributed by atoms with Crippen LogP contribution in [0.5, 0.6) is 0 Å². The van der Waals surface area contributed by atoms with E-state index in [2.05, 4.69) is 62.4 Å². The summed E-state index contributed by atoms with van der Waals surface area (Å²) in [6, 6.07) is 17.4. The number of unbranched alkanes of at least 4 members (excludes halogenated alkanes) is 1. The quantitative estimate of drug-likeness (QED) is 0.337. The molecule has 2 aliphatic heterocycles. The average molecular weight is 446 g/mol. The zero-order valence-corrected chi connectivity index (χ0v) is 20.4. The summed E-state index contributed by atoms with van der Waals surface area (Å²) in [6.07, 6.45) is 9.35. The van der Waals surface area contributed by atoms with E-state index in [1.54, 1.807) is 0 Å². The van der Waals surface area contributed by atoms with E-state index in [1.165, 1.54) is 22.4 Å². The van der Waals surface area contributed by atoms with Crippen molar-refractivity contribution in [2.75, 3.05) is 13.2 Å². The number of nitrogens with zero attached hydrogens (tertiary/aromatic N) is 1. The molecule has 2 aliphatic rings. The largest absolute Gasteiger partial charge is 0.381 e. The molecule has 0 saturated carbocycles. The molecule has 2 heterocycles. The van der Waals surface area contributed by atoms with E-state index >= 15 is 0 Å². The van der Waals surface area contributed by atoms with Gasteiger partial charge in [0, 0.05) is 31.5 Å². The zero-order valence-electron chi connectivity index (χ0n) is 20.4. The highest BCUT2D eigenvalue weighted by Gasteiger charge is 2.24. The van der Waals surface area contributed by atoms with Crippen LogP contribution in [0.1, 0.15) is 87.8 Å². The number of fused-ring (bicyclic) bond motifs is 1. The van der Waals surface area contributed by atoms with Gasteiger partial charge in [-0.2, -0.15) is 0 Å². The number of aliphatic imine (C=N–C) groups is 1. The second-order valence-electron chi connectivity index (χ2n) is 9.94. The van der Waals surface area contributed by atoms with E-state index in [-0.39, 0.29) is 5.92 Å². The minimum absolute atomic E-state index is 0.247. The van der Waals surface area contributed by atoms with Crippen molar-refractivity contribution in [2.24, 2.45) is 16.8 Å². The fraction of sp³-hybridized carbons (Fsp3) is 0.533. The van der Waals surface area contributed by atoms with Gasteiger partial charge in [-0.25, -0.2) is 0 Å². The van der Waals surface area contributed by atoms with Gasteiger partial charge < -0.3 is 4.74 Å². The molecule has 0 spiro atoms. The molecule has 33 heavy (non-hydrogen) atoms. The summed E-state index contributed by atoms with van der Waals surface area (Å²) in [5, 5.41) is 0. The molecule has 0 amide bonds. The predicted octanol–water partition coefficient (Wildman–Crippen LogP) is 7.44. The van der Waals surface area contributed by atoms with Crippen molar-refractivity contribution in [2.45, 2.75) is 77.6 Å². The van der Waals surface area contributed by atoms with Crippen LogP contribution in [-0.4, -0.2) is 24.7 Å². The van der Waals surface area contributed by atoms with Gasteiger partial charge in [0.2, 0.25) is 0 Å². The van der Waals surface area contributed by atoms with Crippen LogP contribution < -0.4 is 0 Å². The van der Waals surface area contributed by atoms with E-state index in [1.807, 2.05) is 0 Å². The Morgan fingerprint density at radius 2 is 1.88 bits per heavy atom. The van der Waals surface area contributed by atoms with Crippen LogP contribution >= 0.6 is 0 Å². The smallest absolute Gasteiger partial charge is 0.136 e. The van der Waals surface area contributed by atoms with Gasteiger partial charge in [-0.1, -0.05) is 63.1 Å². The van der Waals surface area contributed by atoms with Crippen molar-refractivity contribution in [3.8, 4) is 0 Å². The van der Waals surface area contributed by atoms with E-state index in [0.29, 0.717) is 17.6 Å². The monoisotopic (exact) mass is 445 g/mol. The summed E-state index contributed by atoms with van der Waals surface area (Å²) in [6.45, 7) is 6.10. The molecule has 0 radical (unpaired) electrons. The van der Waals surface area contributed by atoms with E-state index in [0.717, 1.165) is 76.7 Å². The number of carbonyl (C=O) groups excluding carboxylic acids is 1. The maximum Gasteiger partial charge on any atom is 0.136 e. The lowest BCUT2D eigenvalue weighted by Gasteiger charge is -2.23. The molecule has 1 saturated heterocycles. The van der Waals surface area contributed by atoms with Crippen molar-refractivity contribution in [1.29, 1.82) is 0 Å². The maximum atomic E-state index is 12.9. The SMILES string of the molecule is CCCC(CCCCc1cccc(C2=Nc3ccccc3C2C)c1)C(=O)CC1CCOCC1. The molecule has 2 atom stereocenters.